The zero-order valence-corrected chi connectivity index (χ0v) is 12.3. The smallest absolute Gasteiger partial charge is 0.227 e. The van der Waals surface area contributed by atoms with Crippen molar-refractivity contribution in [1.29, 1.82) is 0 Å². The average molecular weight is 300 g/mol. The quantitative estimate of drug-likeness (QED) is 0.752. The van der Waals surface area contributed by atoms with Crippen LogP contribution >= 0.6 is 0 Å². The molecule has 0 atom stereocenters. The summed E-state index contributed by atoms with van der Waals surface area (Å²) in [5, 5.41) is 3.63. The van der Waals surface area contributed by atoms with Gasteiger partial charge in [0.05, 0.1) is 11.1 Å². The highest BCUT2D eigenvalue weighted by molar-refractivity contribution is 6.07. The van der Waals surface area contributed by atoms with Crippen LogP contribution in [0, 0.1) is 11.8 Å². The molecule has 0 aliphatic heterocycles. The van der Waals surface area contributed by atoms with E-state index in [4.69, 9.17) is 5.73 Å². The lowest BCUT2D eigenvalue weighted by Gasteiger charge is -2.26. The van der Waals surface area contributed by atoms with Crippen molar-refractivity contribution in [3.8, 4) is 0 Å². The number of rotatable bonds is 4. The number of fused-ring (bicyclic) bond motifs is 1. The molecule has 6 heteroatoms. The number of aromatic nitrogens is 2. The van der Waals surface area contributed by atoms with Gasteiger partial charge in [0.2, 0.25) is 5.91 Å². The summed E-state index contributed by atoms with van der Waals surface area (Å²) in [4.78, 5) is 30.7. The lowest BCUT2D eigenvalue weighted by Crippen LogP contribution is -2.29. The fourth-order valence-corrected chi connectivity index (χ4v) is 3.17. The zero-order valence-electron chi connectivity index (χ0n) is 12.3. The van der Waals surface area contributed by atoms with E-state index < -0.39 is 0 Å². The number of nitrogens with zero attached hydrogens (tertiary/aromatic N) is 1. The summed E-state index contributed by atoms with van der Waals surface area (Å²) in [6.07, 6.45) is 7.74. The van der Waals surface area contributed by atoms with Crippen LogP contribution in [0.15, 0.2) is 18.5 Å². The Labute approximate surface area is 128 Å². The molecule has 0 unspecified atom stereocenters. The van der Waals surface area contributed by atoms with Crippen molar-refractivity contribution in [1.82, 2.24) is 9.97 Å². The SMILES string of the molecule is NCC1CCC(C(=O)Nc2ccnc3[nH]cc(C=O)c23)CC1. The maximum absolute atomic E-state index is 12.5. The molecule has 0 saturated heterocycles. The molecule has 1 saturated carbocycles. The minimum absolute atomic E-state index is 0.0148. The molecule has 116 valence electrons. The third kappa shape index (κ3) is 2.74. The number of aromatic amines is 1. The van der Waals surface area contributed by atoms with Gasteiger partial charge < -0.3 is 16.0 Å². The molecule has 1 amide bonds. The highest BCUT2D eigenvalue weighted by Gasteiger charge is 2.26. The second-order valence-electron chi connectivity index (χ2n) is 5.89. The standard InChI is InChI=1S/C16H20N4O2/c17-7-10-1-3-11(4-2-10)16(22)20-13-5-6-18-15-14(13)12(9-21)8-19-15/h5-6,8-11H,1-4,7,17H2,(H2,18,19,20,22). The van der Waals surface area contributed by atoms with Gasteiger partial charge in [-0.2, -0.15) is 0 Å². The monoisotopic (exact) mass is 300 g/mol. The first kappa shape index (κ1) is 14.7. The molecule has 1 aliphatic rings. The predicted octanol–water partition coefficient (Wildman–Crippen LogP) is 2.08. The summed E-state index contributed by atoms with van der Waals surface area (Å²) in [5.74, 6) is 0.577. The largest absolute Gasteiger partial charge is 0.345 e. The molecule has 2 heterocycles. The Morgan fingerprint density at radius 1 is 1.41 bits per heavy atom. The number of nitrogens with two attached hydrogens (primary N) is 1. The van der Waals surface area contributed by atoms with Gasteiger partial charge in [0.1, 0.15) is 5.65 Å². The van der Waals surface area contributed by atoms with Crippen molar-refractivity contribution in [3.05, 3.63) is 24.0 Å². The van der Waals surface area contributed by atoms with Crippen LogP contribution in [0.3, 0.4) is 0 Å². The van der Waals surface area contributed by atoms with E-state index >= 15 is 0 Å². The highest BCUT2D eigenvalue weighted by Crippen LogP contribution is 2.30. The van der Waals surface area contributed by atoms with Gasteiger partial charge in [-0.05, 0) is 44.2 Å². The molecule has 1 fully saturated rings. The normalized spacial score (nSPS) is 21.7. The van der Waals surface area contributed by atoms with Crippen molar-refractivity contribution in [3.63, 3.8) is 0 Å². The van der Waals surface area contributed by atoms with Crippen molar-refractivity contribution < 1.29 is 9.59 Å². The molecule has 2 aromatic rings. The fraction of sp³-hybridized carbons (Fsp3) is 0.438. The molecule has 1 aliphatic carbocycles. The second-order valence-corrected chi connectivity index (χ2v) is 5.89. The number of H-pyrrole nitrogens is 1. The first-order valence-electron chi connectivity index (χ1n) is 7.65. The molecule has 22 heavy (non-hydrogen) atoms. The number of hydrogen-bond acceptors (Lipinski definition) is 4. The number of aldehydes is 1. The molecule has 0 bridgehead atoms. The van der Waals surface area contributed by atoms with Gasteiger partial charge in [-0.3, -0.25) is 9.59 Å². The molecule has 0 spiro atoms. The number of hydrogen-bond donors (Lipinski definition) is 3. The van der Waals surface area contributed by atoms with Crippen LogP contribution in [-0.2, 0) is 4.79 Å². The summed E-state index contributed by atoms with van der Waals surface area (Å²) >= 11 is 0. The lowest BCUT2D eigenvalue weighted by molar-refractivity contribution is -0.121. The fourth-order valence-electron chi connectivity index (χ4n) is 3.17. The summed E-state index contributed by atoms with van der Waals surface area (Å²) in [6, 6.07) is 1.73. The van der Waals surface area contributed by atoms with Crippen LogP contribution in [0.25, 0.3) is 11.0 Å². The summed E-state index contributed by atoms with van der Waals surface area (Å²) < 4.78 is 0. The van der Waals surface area contributed by atoms with E-state index in [1.54, 1.807) is 18.5 Å². The molecule has 4 N–H and O–H groups in total. The maximum atomic E-state index is 12.5. The molecule has 6 nitrogen and oxygen atoms in total. The molecule has 3 rings (SSSR count). The van der Waals surface area contributed by atoms with Gasteiger partial charge in [0.25, 0.3) is 0 Å². The van der Waals surface area contributed by atoms with Crippen LogP contribution in [0.1, 0.15) is 36.0 Å². The summed E-state index contributed by atoms with van der Waals surface area (Å²) in [5.41, 5.74) is 7.43. The Balaban J connectivity index is 1.77. The molecular weight excluding hydrogens is 280 g/mol. The van der Waals surface area contributed by atoms with E-state index in [0.29, 0.717) is 34.7 Å². The Morgan fingerprint density at radius 3 is 2.86 bits per heavy atom. The number of carbonyl (C=O) groups is 2. The Bertz CT molecular complexity index is 687. The minimum atomic E-state index is 0.0148. The first-order valence-corrected chi connectivity index (χ1v) is 7.65. The van der Waals surface area contributed by atoms with Crippen molar-refractivity contribution in [2.24, 2.45) is 17.6 Å². The van der Waals surface area contributed by atoms with Crippen LogP contribution in [0.2, 0.25) is 0 Å². The van der Waals surface area contributed by atoms with Crippen LogP contribution in [0.5, 0.6) is 0 Å². The minimum Gasteiger partial charge on any atom is -0.345 e. The van der Waals surface area contributed by atoms with Crippen molar-refractivity contribution in [2.75, 3.05) is 11.9 Å². The summed E-state index contributed by atoms with van der Waals surface area (Å²) in [6.45, 7) is 0.700. The van der Waals surface area contributed by atoms with Crippen LogP contribution < -0.4 is 11.1 Å². The van der Waals surface area contributed by atoms with Gasteiger partial charge in [-0.25, -0.2) is 4.98 Å². The van der Waals surface area contributed by atoms with Gasteiger partial charge in [-0.1, -0.05) is 0 Å². The van der Waals surface area contributed by atoms with E-state index in [9.17, 15) is 9.59 Å². The number of pyridine rings is 1. The van der Waals surface area contributed by atoms with E-state index in [1.165, 1.54) is 0 Å². The van der Waals surface area contributed by atoms with Gasteiger partial charge in [0, 0.05) is 23.9 Å². The number of amides is 1. The third-order valence-electron chi connectivity index (χ3n) is 4.54. The van der Waals surface area contributed by atoms with E-state index in [2.05, 4.69) is 15.3 Å². The molecule has 0 aromatic carbocycles. The van der Waals surface area contributed by atoms with E-state index in [-0.39, 0.29) is 11.8 Å². The third-order valence-corrected chi connectivity index (χ3v) is 4.54. The number of carbonyl (C=O) groups excluding carboxylic acids is 2. The zero-order chi connectivity index (χ0) is 15.5. The highest BCUT2D eigenvalue weighted by atomic mass is 16.1. The lowest BCUT2D eigenvalue weighted by atomic mass is 9.81. The Hall–Kier alpha value is -2.21. The van der Waals surface area contributed by atoms with Gasteiger partial charge in [0.15, 0.2) is 6.29 Å². The van der Waals surface area contributed by atoms with Crippen molar-refractivity contribution in [2.45, 2.75) is 25.7 Å². The van der Waals surface area contributed by atoms with Gasteiger partial charge in [-0.15, -0.1) is 0 Å². The Morgan fingerprint density at radius 2 is 2.18 bits per heavy atom. The average Bonchev–Trinajstić information content (AvgIpc) is 2.99. The van der Waals surface area contributed by atoms with Gasteiger partial charge >= 0.3 is 0 Å². The number of nitrogens with one attached hydrogen (secondary N) is 2. The Kier molecular flexibility index (Phi) is 4.20. The van der Waals surface area contributed by atoms with Crippen molar-refractivity contribution >= 4 is 28.9 Å². The summed E-state index contributed by atoms with van der Waals surface area (Å²) in [7, 11) is 0. The first-order chi connectivity index (χ1) is 10.7. The molecular formula is C16H20N4O2. The van der Waals surface area contributed by atoms with Crippen LogP contribution in [0.4, 0.5) is 5.69 Å². The second kappa shape index (κ2) is 6.27. The molecule has 0 radical (unpaired) electrons. The van der Waals surface area contributed by atoms with E-state index in [0.717, 1.165) is 32.0 Å². The van der Waals surface area contributed by atoms with Crippen LogP contribution in [-0.4, -0.2) is 28.7 Å². The topological polar surface area (TPSA) is 101 Å². The number of anilines is 1. The molecule has 2 aromatic heterocycles. The van der Waals surface area contributed by atoms with E-state index in [1.807, 2.05) is 0 Å². The maximum Gasteiger partial charge on any atom is 0.227 e. The predicted molar refractivity (Wildman–Crippen MR) is 84.6 cm³/mol.